The number of hydrogen-bond acceptors (Lipinski definition) is 5. The number of aliphatic hydroxyl groups excluding tert-OH is 1. The van der Waals surface area contributed by atoms with Gasteiger partial charge >= 0.3 is 5.97 Å². The standard InChI is InChI=1S/C32H52O2.C9H12.C7H12O3.C5H13N.C2H6.C2H2/c1-9-26(34)32-17-13-22-21(28(32)27(19(2)3)23(33)18-32)10-11-25-30(22,7)16-14-24-29(5,6)20(4)12-15-31(24,25)8;1-3-9-6-4-8(2)5-7-9;1-5(8)4-7(2,3)6(9)10;1-4-5-6(2)3;2*1-2/h19-22,24-26,34H,9-18H2,1-8H3;4-7H,3H2,1-2H3;4H2,1-3H3,(H,9,10);4-5H2,1-3H3;1-2H3;1-2H/t20?,21?,22?,24-,25?,26?,30?,31?,32?;;;;;/m0...../s1. The number of aliphatic carboxylic acids is 1. The Kier molecular flexibility index (Phi) is 22.8. The molecule has 0 aliphatic heterocycles. The van der Waals surface area contributed by atoms with Gasteiger partial charge in [0.15, 0.2) is 5.78 Å². The van der Waals surface area contributed by atoms with Crippen molar-refractivity contribution in [1.29, 1.82) is 0 Å². The molecule has 4 fully saturated rings. The summed E-state index contributed by atoms with van der Waals surface area (Å²) in [7, 11) is 4.17. The lowest BCUT2D eigenvalue weighted by Crippen LogP contribution is -2.62. The predicted molar refractivity (Wildman–Crippen MR) is 268 cm³/mol. The normalized spacial score (nSPS) is 30.5. The van der Waals surface area contributed by atoms with Gasteiger partial charge in [-0.15, -0.1) is 12.8 Å². The Labute approximate surface area is 388 Å². The van der Waals surface area contributed by atoms with Gasteiger partial charge < -0.3 is 15.1 Å². The van der Waals surface area contributed by atoms with E-state index in [1.807, 2.05) is 13.8 Å². The lowest BCUT2D eigenvalue weighted by molar-refractivity contribution is -0.191. The third-order valence-electron chi connectivity index (χ3n) is 16.7. The largest absolute Gasteiger partial charge is 0.481 e. The van der Waals surface area contributed by atoms with Crippen molar-refractivity contribution in [3.05, 3.63) is 46.5 Å². The lowest BCUT2D eigenvalue weighted by atomic mass is 9.36. The van der Waals surface area contributed by atoms with Gasteiger partial charge in [0, 0.05) is 18.3 Å². The van der Waals surface area contributed by atoms with Gasteiger partial charge in [-0.2, -0.15) is 0 Å². The highest BCUT2D eigenvalue weighted by molar-refractivity contribution is 6.00. The van der Waals surface area contributed by atoms with E-state index in [0.717, 1.165) is 42.6 Å². The second-order valence-corrected chi connectivity index (χ2v) is 22.1. The van der Waals surface area contributed by atoms with E-state index in [2.05, 4.69) is 132 Å². The molecule has 6 rings (SSSR count). The van der Waals surface area contributed by atoms with E-state index < -0.39 is 11.4 Å². The van der Waals surface area contributed by atoms with Crippen LogP contribution in [0.25, 0.3) is 0 Å². The molecule has 9 atom stereocenters. The fourth-order valence-corrected chi connectivity index (χ4v) is 13.3. The molecular formula is C57H97NO5. The zero-order valence-corrected chi connectivity index (χ0v) is 44.0. The van der Waals surface area contributed by atoms with Gasteiger partial charge in [0.05, 0.1) is 11.5 Å². The maximum atomic E-state index is 13.4. The summed E-state index contributed by atoms with van der Waals surface area (Å²) in [6, 6.07) is 8.66. The van der Waals surface area contributed by atoms with Crippen molar-refractivity contribution in [2.75, 3.05) is 20.6 Å². The van der Waals surface area contributed by atoms with Crippen LogP contribution in [0.15, 0.2) is 35.4 Å². The van der Waals surface area contributed by atoms with E-state index in [-0.39, 0.29) is 29.6 Å². The van der Waals surface area contributed by atoms with Crippen molar-refractivity contribution >= 4 is 17.5 Å². The van der Waals surface area contributed by atoms with E-state index in [1.54, 1.807) is 0 Å². The number of allylic oxidation sites excluding steroid dienone is 1. The molecule has 1 aromatic rings. The number of hydrogen-bond donors (Lipinski definition) is 2. The molecular weight excluding hydrogens is 779 g/mol. The SMILES string of the molecule is C#C.CC.CC(=O)CC(C)(C)C(=O)O.CCC(O)C12CCC3C(CCC4C3(C)CC[C@H]3C(C)(C)C(C)CCC43C)C1=C(C(C)C)C(=O)C2.CCCN(C)C.CCc1ccc(C)cc1. The van der Waals surface area contributed by atoms with E-state index in [0.29, 0.717) is 40.3 Å². The minimum Gasteiger partial charge on any atom is -0.481 e. The molecule has 63 heavy (non-hydrogen) atoms. The molecule has 6 nitrogen and oxygen atoms in total. The number of terminal acetylenes is 1. The zero-order chi connectivity index (χ0) is 48.9. The molecule has 8 unspecified atom stereocenters. The van der Waals surface area contributed by atoms with Crippen LogP contribution >= 0.6 is 0 Å². The quantitative estimate of drug-likeness (QED) is 0.240. The molecule has 4 saturated carbocycles. The highest BCUT2D eigenvalue weighted by Gasteiger charge is 2.66. The molecule has 5 aliphatic rings. The molecule has 6 heteroatoms. The van der Waals surface area contributed by atoms with Crippen LogP contribution < -0.4 is 0 Å². The number of benzene rings is 1. The Morgan fingerprint density at radius 1 is 0.873 bits per heavy atom. The van der Waals surface area contributed by atoms with Crippen LogP contribution in [0.3, 0.4) is 0 Å². The lowest BCUT2D eigenvalue weighted by Gasteiger charge is -2.69. The first-order chi connectivity index (χ1) is 29.3. The Hall–Kier alpha value is -2.75. The molecule has 0 bridgehead atoms. The first-order valence-corrected chi connectivity index (χ1v) is 25.0. The highest BCUT2D eigenvalue weighted by atomic mass is 16.4. The summed E-state index contributed by atoms with van der Waals surface area (Å²) in [6.07, 6.45) is 21.7. The van der Waals surface area contributed by atoms with E-state index in [4.69, 9.17) is 5.11 Å². The van der Waals surface area contributed by atoms with Gasteiger partial charge in [-0.1, -0.05) is 118 Å². The average Bonchev–Trinajstić information content (AvgIpc) is 3.54. The first kappa shape index (κ1) is 58.3. The summed E-state index contributed by atoms with van der Waals surface area (Å²) in [6.45, 7) is 35.6. The molecule has 360 valence electrons. The number of aryl methyl sites for hydroxylation is 2. The highest BCUT2D eigenvalue weighted by Crippen LogP contribution is 2.73. The molecule has 1 aromatic carbocycles. The fourth-order valence-electron chi connectivity index (χ4n) is 13.3. The summed E-state index contributed by atoms with van der Waals surface area (Å²) in [4.78, 5) is 36.5. The van der Waals surface area contributed by atoms with Crippen LogP contribution in [0.5, 0.6) is 0 Å². The maximum absolute atomic E-state index is 13.4. The summed E-state index contributed by atoms with van der Waals surface area (Å²) < 4.78 is 0. The second kappa shape index (κ2) is 24.7. The molecule has 5 aliphatic carbocycles. The average molecular weight is 876 g/mol. The van der Waals surface area contributed by atoms with Gasteiger partial charge in [0.1, 0.15) is 5.78 Å². The number of carbonyl (C=O) groups excluding carboxylic acids is 2. The summed E-state index contributed by atoms with van der Waals surface area (Å²) in [5.41, 5.74) is 5.40. The molecule has 0 aromatic heterocycles. The van der Waals surface area contributed by atoms with Crippen LogP contribution in [0, 0.1) is 82.4 Å². The summed E-state index contributed by atoms with van der Waals surface area (Å²) in [5.74, 6) is 3.25. The first-order valence-electron chi connectivity index (χ1n) is 25.0. The van der Waals surface area contributed by atoms with Crippen molar-refractivity contribution in [3.63, 3.8) is 0 Å². The number of rotatable bonds is 9. The van der Waals surface area contributed by atoms with E-state index in [1.165, 1.54) is 95.4 Å². The molecule has 2 N–H and O–H groups in total. The van der Waals surface area contributed by atoms with Crippen LogP contribution in [-0.4, -0.2) is 59.4 Å². The van der Waals surface area contributed by atoms with Crippen LogP contribution in [0.4, 0.5) is 0 Å². The van der Waals surface area contributed by atoms with Gasteiger partial charge in [0.2, 0.25) is 0 Å². The Morgan fingerprint density at radius 3 is 1.86 bits per heavy atom. The number of carbonyl (C=O) groups is 3. The monoisotopic (exact) mass is 876 g/mol. The Morgan fingerprint density at radius 2 is 1.43 bits per heavy atom. The second-order valence-electron chi connectivity index (χ2n) is 22.1. The minimum atomic E-state index is -0.928. The molecule has 0 spiro atoms. The van der Waals surface area contributed by atoms with E-state index >= 15 is 0 Å². The van der Waals surface area contributed by atoms with Crippen LogP contribution in [0.1, 0.15) is 192 Å². The van der Waals surface area contributed by atoms with Crippen molar-refractivity contribution in [2.45, 2.75) is 200 Å². The minimum absolute atomic E-state index is 0.0904. The smallest absolute Gasteiger partial charge is 0.309 e. The van der Waals surface area contributed by atoms with Gasteiger partial charge in [-0.25, -0.2) is 0 Å². The van der Waals surface area contributed by atoms with Crippen molar-refractivity contribution in [1.82, 2.24) is 4.90 Å². The van der Waals surface area contributed by atoms with Gasteiger partial charge in [-0.05, 0) is 182 Å². The topological polar surface area (TPSA) is 94.9 Å². The number of carboxylic acid groups (broad SMARTS) is 1. The number of Topliss-reactive ketones (excluding diaryl/α,β-unsaturated/α-hetero) is 2. The van der Waals surface area contributed by atoms with Crippen molar-refractivity contribution in [3.8, 4) is 12.8 Å². The Balaban J connectivity index is 0.000000557. The fraction of sp³-hybridized carbons (Fsp3) is 0.772. The van der Waals surface area contributed by atoms with Crippen molar-refractivity contribution in [2.24, 2.45) is 62.6 Å². The third kappa shape index (κ3) is 13.2. The van der Waals surface area contributed by atoms with Crippen molar-refractivity contribution < 1.29 is 24.6 Å². The number of nitrogens with zero attached hydrogens (tertiary/aromatic N) is 1. The van der Waals surface area contributed by atoms with Crippen LogP contribution in [-0.2, 0) is 20.8 Å². The molecule has 0 radical (unpaired) electrons. The van der Waals surface area contributed by atoms with E-state index in [9.17, 15) is 19.5 Å². The van der Waals surface area contributed by atoms with Gasteiger partial charge in [0.25, 0.3) is 0 Å². The summed E-state index contributed by atoms with van der Waals surface area (Å²) >= 11 is 0. The number of ketones is 2. The molecule has 0 heterocycles. The number of aliphatic hydroxyl groups is 1. The third-order valence-corrected chi connectivity index (χ3v) is 16.7. The summed E-state index contributed by atoms with van der Waals surface area (Å²) in [5, 5.41) is 19.9. The predicted octanol–water partition coefficient (Wildman–Crippen LogP) is 13.9. The zero-order valence-electron chi connectivity index (χ0n) is 44.0. The number of carboxylic acids is 1. The number of fused-ring (bicyclic) bond motifs is 7. The maximum Gasteiger partial charge on any atom is 0.309 e. The van der Waals surface area contributed by atoms with Crippen LogP contribution in [0.2, 0.25) is 0 Å². The Bertz CT molecular complexity index is 1650. The van der Waals surface area contributed by atoms with Gasteiger partial charge in [-0.3, -0.25) is 14.4 Å². The molecule has 0 saturated heterocycles. The molecule has 0 amide bonds.